The molecule has 2 heterocycles. The van der Waals surface area contributed by atoms with E-state index in [1.807, 2.05) is 23.6 Å². The largest absolute Gasteiger partial charge is 0.323 e. The van der Waals surface area contributed by atoms with Crippen LogP contribution >= 0.6 is 0 Å². The Kier molecular flexibility index (Phi) is 4.00. The normalized spacial score (nSPS) is 21.9. The average Bonchev–Trinajstić information content (AvgIpc) is 2.63. The average molecular weight is 224 g/mol. The summed E-state index contributed by atoms with van der Waals surface area (Å²) in [5.41, 5.74) is 1.64. The third kappa shape index (κ3) is 2.77. The van der Waals surface area contributed by atoms with E-state index in [-0.39, 0.29) is 6.03 Å². The summed E-state index contributed by atoms with van der Waals surface area (Å²) < 4.78 is 0. The van der Waals surface area contributed by atoms with Crippen LogP contribution in [0.2, 0.25) is 0 Å². The molecule has 0 radical (unpaired) electrons. The van der Waals surface area contributed by atoms with Gasteiger partial charge < -0.3 is 9.80 Å². The van der Waals surface area contributed by atoms with Gasteiger partial charge in [0.1, 0.15) is 0 Å². The zero-order valence-electron chi connectivity index (χ0n) is 11.2. The molecule has 3 nitrogen and oxygen atoms in total. The molecule has 0 bridgehead atoms. The van der Waals surface area contributed by atoms with E-state index >= 15 is 0 Å². The van der Waals surface area contributed by atoms with Crippen LogP contribution in [0.5, 0.6) is 0 Å². The predicted octanol–water partition coefficient (Wildman–Crippen LogP) is 2.74. The molecular formula is C13H24N2O. The highest BCUT2D eigenvalue weighted by Gasteiger charge is 2.39. The second-order valence-corrected chi connectivity index (χ2v) is 5.23. The van der Waals surface area contributed by atoms with Gasteiger partial charge in [0.15, 0.2) is 0 Å². The van der Waals surface area contributed by atoms with Gasteiger partial charge in [0.05, 0.1) is 0 Å². The minimum absolute atomic E-state index is 0.206. The summed E-state index contributed by atoms with van der Waals surface area (Å²) in [6.45, 7) is 13.9. The van der Waals surface area contributed by atoms with Crippen molar-refractivity contribution >= 4 is 6.03 Å². The molecule has 16 heavy (non-hydrogen) atoms. The molecule has 0 aromatic carbocycles. The van der Waals surface area contributed by atoms with Gasteiger partial charge in [-0.3, -0.25) is 0 Å². The van der Waals surface area contributed by atoms with E-state index in [0.29, 0.717) is 5.41 Å². The van der Waals surface area contributed by atoms with E-state index < -0.39 is 0 Å². The Morgan fingerprint density at radius 1 is 1.25 bits per heavy atom. The van der Waals surface area contributed by atoms with Gasteiger partial charge in [-0.2, -0.15) is 0 Å². The third-order valence-corrected chi connectivity index (χ3v) is 2.88. The van der Waals surface area contributed by atoms with Gasteiger partial charge in [-0.15, -0.1) is 0 Å². The highest BCUT2D eigenvalue weighted by atomic mass is 16.2. The maximum atomic E-state index is 11.9. The topological polar surface area (TPSA) is 23.6 Å². The number of nitrogens with zero attached hydrogens (tertiary/aromatic N) is 2. The first-order valence-corrected chi connectivity index (χ1v) is 6.17. The molecule has 3 heteroatoms. The summed E-state index contributed by atoms with van der Waals surface area (Å²) in [6.07, 6.45) is 2.13. The van der Waals surface area contributed by atoms with Crippen LogP contribution < -0.4 is 0 Å². The van der Waals surface area contributed by atoms with Crippen molar-refractivity contribution in [3.8, 4) is 0 Å². The van der Waals surface area contributed by atoms with E-state index in [1.54, 1.807) is 0 Å². The Morgan fingerprint density at radius 2 is 1.81 bits per heavy atom. The maximum Gasteiger partial charge on any atom is 0.320 e. The monoisotopic (exact) mass is 224 g/mol. The Labute approximate surface area is 99.1 Å². The van der Waals surface area contributed by atoms with Gasteiger partial charge in [-0.25, -0.2) is 4.79 Å². The van der Waals surface area contributed by atoms with Crippen molar-refractivity contribution in [2.24, 2.45) is 5.41 Å². The third-order valence-electron chi connectivity index (χ3n) is 2.88. The van der Waals surface area contributed by atoms with E-state index in [4.69, 9.17) is 0 Å². The lowest BCUT2D eigenvalue weighted by molar-refractivity contribution is 0.0463. The molecule has 0 aromatic heterocycles. The summed E-state index contributed by atoms with van der Waals surface area (Å²) in [7, 11) is 0. The lowest BCUT2D eigenvalue weighted by Crippen LogP contribution is -2.58. The molecule has 0 N–H and O–H groups in total. The number of hydrogen-bond donors (Lipinski definition) is 0. The lowest BCUT2D eigenvalue weighted by atomic mass is 9.85. The molecule has 2 rings (SSSR count). The van der Waals surface area contributed by atoms with Gasteiger partial charge in [0.25, 0.3) is 0 Å². The van der Waals surface area contributed by atoms with Gasteiger partial charge >= 0.3 is 6.03 Å². The van der Waals surface area contributed by atoms with E-state index in [2.05, 4.69) is 26.8 Å². The summed E-state index contributed by atoms with van der Waals surface area (Å²) in [6, 6.07) is 0.206. The Morgan fingerprint density at radius 3 is 2.19 bits per heavy atom. The Balaban J connectivity index is 0.000000606. The number of carbonyl (C=O) groups is 1. The highest BCUT2D eigenvalue weighted by molar-refractivity contribution is 5.76. The van der Waals surface area contributed by atoms with Crippen LogP contribution in [-0.2, 0) is 0 Å². The molecule has 92 valence electrons. The second-order valence-electron chi connectivity index (χ2n) is 5.23. The summed E-state index contributed by atoms with van der Waals surface area (Å²) in [5.74, 6) is 0. The molecule has 0 atom stereocenters. The van der Waals surface area contributed by atoms with Crippen LogP contribution in [0.25, 0.3) is 0 Å². The van der Waals surface area contributed by atoms with Crippen LogP contribution in [0.4, 0.5) is 4.79 Å². The van der Waals surface area contributed by atoms with E-state index in [9.17, 15) is 4.79 Å². The van der Waals surface area contributed by atoms with Gasteiger partial charge in [-0.05, 0) is 6.92 Å². The molecule has 0 spiro atoms. The number of likely N-dealkylation sites (tertiary alicyclic amines) is 1. The molecule has 0 aromatic rings. The van der Waals surface area contributed by atoms with Crippen molar-refractivity contribution in [2.75, 3.05) is 26.2 Å². The highest BCUT2D eigenvalue weighted by Crippen LogP contribution is 2.29. The lowest BCUT2D eigenvalue weighted by Gasteiger charge is -2.47. The maximum absolute atomic E-state index is 11.9. The van der Waals surface area contributed by atoms with Crippen molar-refractivity contribution in [2.45, 2.75) is 34.6 Å². The zero-order chi connectivity index (χ0) is 12.3. The van der Waals surface area contributed by atoms with Crippen LogP contribution in [0.1, 0.15) is 34.6 Å². The fourth-order valence-electron chi connectivity index (χ4n) is 2.16. The molecule has 2 amide bonds. The molecule has 0 saturated carbocycles. The fraction of sp³-hybridized carbons (Fsp3) is 0.769. The quantitative estimate of drug-likeness (QED) is 0.580. The van der Waals surface area contributed by atoms with Crippen molar-refractivity contribution < 1.29 is 4.79 Å². The minimum atomic E-state index is 0.206. The number of carbonyl (C=O) groups excluding carboxylic acids is 1. The van der Waals surface area contributed by atoms with Gasteiger partial charge in [0, 0.05) is 31.6 Å². The van der Waals surface area contributed by atoms with Crippen molar-refractivity contribution in [1.29, 1.82) is 0 Å². The van der Waals surface area contributed by atoms with Crippen LogP contribution in [0.3, 0.4) is 0 Å². The Hall–Kier alpha value is -0.990. The SMILES string of the molecule is CC.CC1=CCN(C(=O)N2CC(C)(C)C2)C1. The van der Waals surface area contributed by atoms with Crippen LogP contribution in [0.15, 0.2) is 11.6 Å². The number of amides is 2. The second kappa shape index (κ2) is 4.89. The standard InChI is InChI=1S/C11H18N2O.C2H6/c1-9-4-5-12(6-9)10(14)13-7-11(2,3)8-13;1-2/h4H,5-8H2,1-3H3;1-2H3. The summed E-state index contributed by atoms with van der Waals surface area (Å²) in [5, 5.41) is 0. The molecule has 2 aliphatic rings. The molecule has 0 aliphatic carbocycles. The first-order valence-electron chi connectivity index (χ1n) is 6.17. The smallest absolute Gasteiger partial charge is 0.320 e. The van der Waals surface area contributed by atoms with Crippen molar-refractivity contribution in [3.05, 3.63) is 11.6 Å². The molecule has 1 fully saturated rings. The van der Waals surface area contributed by atoms with Gasteiger partial charge in [-0.1, -0.05) is 39.3 Å². The van der Waals surface area contributed by atoms with E-state index in [1.165, 1.54) is 5.57 Å². The molecule has 1 saturated heterocycles. The fourth-order valence-corrected chi connectivity index (χ4v) is 2.16. The predicted molar refractivity (Wildman–Crippen MR) is 67.4 cm³/mol. The first kappa shape index (κ1) is 13.1. The minimum Gasteiger partial charge on any atom is -0.323 e. The summed E-state index contributed by atoms with van der Waals surface area (Å²) >= 11 is 0. The first-order chi connectivity index (χ1) is 7.48. The molecule has 2 aliphatic heterocycles. The van der Waals surface area contributed by atoms with E-state index in [0.717, 1.165) is 26.2 Å². The van der Waals surface area contributed by atoms with Crippen molar-refractivity contribution in [1.82, 2.24) is 9.80 Å². The summed E-state index contributed by atoms with van der Waals surface area (Å²) in [4.78, 5) is 15.7. The molecular weight excluding hydrogens is 200 g/mol. The number of hydrogen-bond acceptors (Lipinski definition) is 1. The van der Waals surface area contributed by atoms with Crippen molar-refractivity contribution in [3.63, 3.8) is 0 Å². The zero-order valence-corrected chi connectivity index (χ0v) is 11.2. The number of rotatable bonds is 0. The number of urea groups is 1. The van der Waals surface area contributed by atoms with Crippen LogP contribution in [0, 0.1) is 5.41 Å². The Bertz CT molecular complexity index is 286. The van der Waals surface area contributed by atoms with Gasteiger partial charge in [0.2, 0.25) is 0 Å². The van der Waals surface area contributed by atoms with Crippen LogP contribution in [-0.4, -0.2) is 42.0 Å². The molecule has 0 unspecified atom stereocenters.